The van der Waals surface area contributed by atoms with Gasteiger partial charge in [-0.15, -0.1) is 0 Å². The number of urea groups is 1. The normalized spacial score (nSPS) is 10.3. The highest BCUT2D eigenvalue weighted by Crippen LogP contribution is 2.27. The van der Waals surface area contributed by atoms with Crippen LogP contribution in [0.2, 0.25) is 0 Å². The van der Waals surface area contributed by atoms with Gasteiger partial charge < -0.3 is 10.6 Å². The second-order valence-corrected chi connectivity index (χ2v) is 6.58. The summed E-state index contributed by atoms with van der Waals surface area (Å²) >= 11 is 2.27. The fourth-order valence-corrected chi connectivity index (χ4v) is 3.23. The lowest BCUT2D eigenvalue weighted by Gasteiger charge is -2.10. The zero-order valence-corrected chi connectivity index (χ0v) is 15.6. The van der Waals surface area contributed by atoms with E-state index in [0.717, 1.165) is 32.4 Å². The summed E-state index contributed by atoms with van der Waals surface area (Å²) < 4.78 is 1.07. The molecule has 3 rings (SSSR count). The first-order valence-electron chi connectivity index (χ1n) is 7.86. The topological polar surface area (TPSA) is 66.9 Å². The molecule has 0 radical (unpaired) electrons. The molecule has 2 N–H and O–H groups in total. The molecule has 0 atom stereocenters. The smallest absolute Gasteiger partial charge is 0.319 e. The van der Waals surface area contributed by atoms with E-state index in [0.29, 0.717) is 6.54 Å². The Morgan fingerprint density at radius 2 is 1.88 bits per heavy atom. The Morgan fingerprint density at radius 1 is 1.04 bits per heavy atom. The van der Waals surface area contributed by atoms with Crippen LogP contribution in [0.4, 0.5) is 10.5 Å². The molecule has 0 fully saturated rings. The summed E-state index contributed by atoms with van der Waals surface area (Å²) in [5, 5.41) is 5.72. The summed E-state index contributed by atoms with van der Waals surface area (Å²) in [6.45, 7) is 0.559. The molecule has 1 aromatic carbocycles. The lowest BCUT2D eigenvalue weighted by atomic mass is 10.1. The largest absolute Gasteiger partial charge is 0.338 e. The van der Waals surface area contributed by atoms with Crippen molar-refractivity contribution in [1.29, 1.82) is 0 Å². The van der Waals surface area contributed by atoms with Gasteiger partial charge >= 0.3 is 6.03 Å². The Hall–Kier alpha value is -2.48. The third-order valence-corrected chi connectivity index (χ3v) is 4.53. The summed E-state index contributed by atoms with van der Waals surface area (Å²) in [4.78, 5) is 20.1. The Morgan fingerprint density at radius 3 is 2.60 bits per heavy atom. The van der Waals surface area contributed by atoms with Gasteiger partial charge in [0.15, 0.2) is 0 Å². The van der Waals surface area contributed by atoms with Gasteiger partial charge in [-0.2, -0.15) is 0 Å². The summed E-state index contributed by atoms with van der Waals surface area (Å²) in [5.74, 6) is 0. The maximum atomic E-state index is 12.0. The first-order chi connectivity index (χ1) is 12.2. The second kappa shape index (κ2) is 8.57. The van der Waals surface area contributed by atoms with Gasteiger partial charge in [-0.05, 0) is 76.0 Å². The van der Waals surface area contributed by atoms with Crippen LogP contribution in [0.25, 0.3) is 11.1 Å². The minimum atomic E-state index is -0.212. The van der Waals surface area contributed by atoms with E-state index in [1.54, 1.807) is 24.8 Å². The van der Waals surface area contributed by atoms with Crippen molar-refractivity contribution in [2.24, 2.45) is 0 Å². The van der Waals surface area contributed by atoms with Gasteiger partial charge in [-0.3, -0.25) is 9.97 Å². The molecule has 0 spiro atoms. The number of hydrogen-bond donors (Lipinski definition) is 2. The zero-order valence-electron chi connectivity index (χ0n) is 13.4. The van der Waals surface area contributed by atoms with Crippen LogP contribution in [-0.4, -0.2) is 22.5 Å². The SMILES string of the molecule is O=C(NCCc1cccnc1)Nc1ccc(-c2ccncc2)c(I)c1. The highest BCUT2D eigenvalue weighted by molar-refractivity contribution is 14.1. The number of amides is 2. The van der Waals surface area contributed by atoms with Crippen LogP contribution in [-0.2, 0) is 6.42 Å². The van der Waals surface area contributed by atoms with Crippen LogP contribution < -0.4 is 10.6 Å². The van der Waals surface area contributed by atoms with Crippen molar-refractivity contribution >= 4 is 34.3 Å². The maximum Gasteiger partial charge on any atom is 0.319 e. The highest BCUT2D eigenvalue weighted by atomic mass is 127. The van der Waals surface area contributed by atoms with E-state index in [2.05, 4.69) is 43.2 Å². The van der Waals surface area contributed by atoms with E-state index in [4.69, 9.17) is 0 Å². The van der Waals surface area contributed by atoms with E-state index < -0.39 is 0 Å². The number of hydrogen-bond acceptors (Lipinski definition) is 3. The Balaban J connectivity index is 1.56. The van der Waals surface area contributed by atoms with E-state index in [-0.39, 0.29) is 6.03 Å². The number of carbonyl (C=O) groups is 1. The van der Waals surface area contributed by atoms with Crippen molar-refractivity contribution in [2.75, 3.05) is 11.9 Å². The van der Waals surface area contributed by atoms with Crippen LogP contribution in [0.5, 0.6) is 0 Å². The molecule has 3 aromatic rings. The molecule has 0 saturated heterocycles. The van der Waals surface area contributed by atoms with Crippen LogP contribution >= 0.6 is 22.6 Å². The molecule has 2 heterocycles. The van der Waals surface area contributed by atoms with E-state index in [9.17, 15) is 4.79 Å². The minimum Gasteiger partial charge on any atom is -0.338 e. The van der Waals surface area contributed by atoms with Gasteiger partial charge in [-0.1, -0.05) is 12.1 Å². The van der Waals surface area contributed by atoms with Crippen LogP contribution in [0.1, 0.15) is 5.56 Å². The summed E-state index contributed by atoms with van der Waals surface area (Å²) in [6.07, 6.45) is 7.83. The molecular formula is C19H17IN4O. The molecule has 25 heavy (non-hydrogen) atoms. The number of pyridine rings is 2. The quantitative estimate of drug-likeness (QED) is 0.583. The fourth-order valence-electron chi connectivity index (χ4n) is 2.40. The summed E-state index contributed by atoms with van der Waals surface area (Å²) in [7, 11) is 0. The maximum absolute atomic E-state index is 12.0. The lowest BCUT2D eigenvalue weighted by molar-refractivity contribution is 0.252. The number of anilines is 1. The first-order valence-corrected chi connectivity index (χ1v) is 8.94. The molecule has 5 nitrogen and oxygen atoms in total. The molecule has 0 unspecified atom stereocenters. The van der Waals surface area contributed by atoms with Crippen molar-refractivity contribution in [1.82, 2.24) is 15.3 Å². The fraction of sp³-hybridized carbons (Fsp3) is 0.105. The van der Waals surface area contributed by atoms with Gasteiger partial charge in [-0.25, -0.2) is 4.79 Å². The second-order valence-electron chi connectivity index (χ2n) is 5.42. The van der Waals surface area contributed by atoms with Crippen molar-refractivity contribution < 1.29 is 4.79 Å². The monoisotopic (exact) mass is 444 g/mol. The molecule has 0 aliphatic heterocycles. The number of carbonyl (C=O) groups excluding carboxylic acids is 1. The zero-order chi connectivity index (χ0) is 17.5. The number of halogens is 1. The summed E-state index contributed by atoms with van der Waals surface area (Å²) in [6, 6.07) is 13.5. The first kappa shape index (κ1) is 17.3. The minimum absolute atomic E-state index is 0.212. The van der Waals surface area contributed by atoms with Gasteiger partial charge in [0, 0.05) is 40.6 Å². The average molecular weight is 444 g/mol. The number of aromatic nitrogens is 2. The van der Waals surface area contributed by atoms with E-state index in [1.807, 2.05) is 42.5 Å². The van der Waals surface area contributed by atoms with Crippen molar-refractivity contribution in [3.63, 3.8) is 0 Å². The van der Waals surface area contributed by atoms with Crippen molar-refractivity contribution in [3.05, 3.63) is 76.4 Å². The predicted molar refractivity (Wildman–Crippen MR) is 107 cm³/mol. The van der Waals surface area contributed by atoms with E-state index in [1.165, 1.54) is 0 Å². The number of benzene rings is 1. The molecule has 0 bridgehead atoms. The highest BCUT2D eigenvalue weighted by Gasteiger charge is 2.06. The standard InChI is InChI=1S/C19H17IN4O/c20-18-12-16(3-4-17(18)15-6-9-21-10-7-15)24-19(25)23-11-5-14-2-1-8-22-13-14/h1-4,6-10,12-13H,5,11H2,(H2,23,24,25). The molecule has 6 heteroatoms. The number of rotatable bonds is 5. The Labute approximate surface area is 160 Å². The Bertz CT molecular complexity index is 841. The molecule has 0 saturated carbocycles. The van der Waals surface area contributed by atoms with Crippen LogP contribution in [0.3, 0.4) is 0 Å². The number of nitrogens with zero attached hydrogens (tertiary/aromatic N) is 2. The molecule has 126 valence electrons. The van der Waals surface area contributed by atoms with Gasteiger partial charge in [0.1, 0.15) is 0 Å². The lowest BCUT2D eigenvalue weighted by Crippen LogP contribution is -2.30. The molecule has 2 amide bonds. The molecular weight excluding hydrogens is 427 g/mol. The third-order valence-electron chi connectivity index (χ3n) is 3.64. The van der Waals surface area contributed by atoms with Gasteiger partial charge in [0.25, 0.3) is 0 Å². The molecule has 2 aromatic heterocycles. The van der Waals surface area contributed by atoms with E-state index >= 15 is 0 Å². The van der Waals surface area contributed by atoms with Gasteiger partial charge in [0.2, 0.25) is 0 Å². The van der Waals surface area contributed by atoms with Crippen LogP contribution in [0, 0.1) is 3.57 Å². The van der Waals surface area contributed by atoms with Crippen LogP contribution in [0.15, 0.2) is 67.3 Å². The molecule has 0 aliphatic rings. The molecule has 0 aliphatic carbocycles. The van der Waals surface area contributed by atoms with Crippen molar-refractivity contribution in [3.8, 4) is 11.1 Å². The van der Waals surface area contributed by atoms with Gasteiger partial charge in [0.05, 0.1) is 0 Å². The summed E-state index contributed by atoms with van der Waals surface area (Å²) in [5.41, 5.74) is 4.08. The number of nitrogens with one attached hydrogen (secondary N) is 2. The van der Waals surface area contributed by atoms with Crippen molar-refractivity contribution in [2.45, 2.75) is 6.42 Å². The average Bonchev–Trinajstić information content (AvgIpc) is 2.63. The predicted octanol–water partition coefficient (Wildman–Crippen LogP) is 4.11. The third kappa shape index (κ3) is 4.99. The Kier molecular flexibility index (Phi) is 5.95.